The van der Waals surface area contributed by atoms with Crippen LogP contribution in [0.1, 0.15) is 24.9 Å². The first-order valence-electron chi connectivity index (χ1n) is 5.44. The Balaban J connectivity index is 2.65. The van der Waals surface area contributed by atoms with Crippen LogP contribution in [0, 0.1) is 11.3 Å². The molecule has 1 rings (SSSR count). The lowest BCUT2D eigenvalue weighted by Gasteiger charge is -2.21. The van der Waals surface area contributed by atoms with Crippen molar-refractivity contribution in [3.8, 4) is 6.07 Å². The molecule has 0 saturated heterocycles. The zero-order chi connectivity index (χ0) is 11.8. The summed E-state index contributed by atoms with van der Waals surface area (Å²) in [5, 5.41) is 12.2. The van der Waals surface area contributed by atoms with Crippen LogP contribution in [0.3, 0.4) is 0 Å². The maximum Gasteiger partial charge on any atom is 0.0641 e. The normalized spacial score (nSPS) is 14.1. The minimum atomic E-state index is 0.0800. The van der Waals surface area contributed by atoms with Crippen molar-refractivity contribution in [3.05, 3.63) is 35.9 Å². The van der Waals surface area contributed by atoms with Gasteiger partial charge in [0.15, 0.2) is 0 Å². The van der Waals surface area contributed by atoms with E-state index >= 15 is 0 Å². The molecule has 1 aromatic carbocycles. The van der Waals surface area contributed by atoms with Crippen LogP contribution in [0.5, 0.6) is 0 Å². The Morgan fingerprint density at radius 3 is 2.62 bits per heavy atom. The molecule has 0 aliphatic rings. The van der Waals surface area contributed by atoms with Gasteiger partial charge in [0, 0.05) is 19.2 Å². The first-order valence-corrected chi connectivity index (χ1v) is 5.44. The van der Waals surface area contributed by atoms with Gasteiger partial charge < -0.3 is 10.1 Å². The lowest BCUT2D eigenvalue weighted by atomic mass is 10.0. The summed E-state index contributed by atoms with van der Waals surface area (Å²) < 4.78 is 5.07. The van der Waals surface area contributed by atoms with Crippen molar-refractivity contribution in [1.29, 1.82) is 5.26 Å². The van der Waals surface area contributed by atoms with Crippen LogP contribution in [0.25, 0.3) is 0 Å². The summed E-state index contributed by atoms with van der Waals surface area (Å²) in [4.78, 5) is 0. The molecule has 0 bridgehead atoms. The molecule has 3 heteroatoms. The van der Waals surface area contributed by atoms with Gasteiger partial charge in [0.05, 0.1) is 19.1 Å². The van der Waals surface area contributed by atoms with E-state index in [4.69, 9.17) is 10.00 Å². The fraction of sp³-hybridized carbons (Fsp3) is 0.462. The Bertz CT molecular complexity index is 332. The van der Waals surface area contributed by atoms with Gasteiger partial charge in [0.2, 0.25) is 0 Å². The predicted molar refractivity (Wildman–Crippen MR) is 63.9 cm³/mol. The summed E-state index contributed by atoms with van der Waals surface area (Å²) >= 11 is 0. The minimum Gasteiger partial charge on any atom is -0.383 e. The molecule has 86 valence electrons. The fourth-order valence-corrected chi connectivity index (χ4v) is 1.69. The Labute approximate surface area is 97.0 Å². The van der Waals surface area contributed by atoms with E-state index in [1.807, 2.05) is 30.3 Å². The van der Waals surface area contributed by atoms with Crippen LogP contribution in [0.15, 0.2) is 30.3 Å². The molecule has 0 aliphatic carbocycles. The second-order valence-electron chi connectivity index (χ2n) is 3.85. The molecule has 0 spiro atoms. The highest BCUT2D eigenvalue weighted by Crippen LogP contribution is 2.16. The number of ether oxygens (including phenoxy) is 1. The van der Waals surface area contributed by atoms with E-state index in [1.54, 1.807) is 7.11 Å². The third kappa shape index (κ3) is 4.01. The molecule has 0 saturated carbocycles. The van der Waals surface area contributed by atoms with Crippen LogP contribution in [-0.2, 0) is 4.74 Å². The first-order chi connectivity index (χ1) is 7.77. The summed E-state index contributed by atoms with van der Waals surface area (Å²) in [6.07, 6.45) is 0.470. The summed E-state index contributed by atoms with van der Waals surface area (Å²) in [5.41, 5.74) is 1.15. The Morgan fingerprint density at radius 2 is 2.06 bits per heavy atom. The largest absolute Gasteiger partial charge is 0.383 e. The van der Waals surface area contributed by atoms with Gasteiger partial charge in [0.25, 0.3) is 0 Å². The van der Waals surface area contributed by atoms with Gasteiger partial charge >= 0.3 is 0 Å². The minimum absolute atomic E-state index is 0.0800. The van der Waals surface area contributed by atoms with Crippen molar-refractivity contribution in [2.24, 2.45) is 0 Å². The smallest absolute Gasteiger partial charge is 0.0641 e. The highest BCUT2D eigenvalue weighted by Gasteiger charge is 2.13. The maximum absolute atomic E-state index is 8.82. The monoisotopic (exact) mass is 218 g/mol. The van der Waals surface area contributed by atoms with Crippen molar-refractivity contribution in [2.75, 3.05) is 13.7 Å². The number of methoxy groups -OCH3 is 1. The zero-order valence-corrected chi connectivity index (χ0v) is 9.81. The summed E-state index contributed by atoms with van der Waals surface area (Å²) in [6.45, 7) is 2.70. The van der Waals surface area contributed by atoms with Crippen molar-refractivity contribution in [1.82, 2.24) is 5.32 Å². The molecule has 2 unspecified atom stereocenters. The average Bonchev–Trinajstić information content (AvgIpc) is 2.30. The van der Waals surface area contributed by atoms with E-state index in [2.05, 4.69) is 18.3 Å². The van der Waals surface area contributed by atoms with Crippen molar-refractivity contribution >= 4 is 0 Å². The third-order valence-electron chi connectivity index (χ3n) is 2.40. The highest BCUT2D eigenvalue weighted by molar-refractivity contribution is 5.20. The van der Waals surface area contributed by atoms with Gasteiger partial charge in [-0.3, -0.25) is 0 Å². The predicted octanol–water partition coefficient (Wildman–Crippen LogP) is 2.27. The van der Waals surface area contributed by atoms with Gasteiger partial charge in [-0.2, -0.15) is 5.26 Å². The Morgan fingerprint density at radius 1 is 1.38 bits per heavy atom. The van der Waals surface area contributed by atoms with E-state index in [1.165, 1.54) is 0 Å². The molecule has 2 atom stereocenters. The molecular weight excluding hydrogens is 200 g/mol. The number of nitrogens with zero attached hydrogens (tertiary/aromatic N) is 1. The molecule has 16 heavy (non-hydrogen) atoms. The van der Waals surface area contributed by atoms with E-state index in [0.717, 1.165) is 5.56 Å². The average molecular weight is 218 g/mol. The maximum atomic E-state index is 8.82. The van der Waals surface area contributed by atoms with Crippen molar-refractivity contribution in [3.63, 3.8) is 0 Å². The molecule has 1 N–H and O–H groups in total. The van der Waals surface area contributed by atoms with Crippen LogP contribution in [0.4, 0.5) is 0 Å². The topological polar surface area (TPSA) is 45.0 Å². The summed E-state index contributed by atoms with van der Waals surface area (Å²) in [7, 11) is 1.68. The van der Waals surface area contributed by atoms with Crippen LogP contribution >= 0.6 is 0 Å². The van der Waals surface area contributed by atoms with Crippen LogP contribution in [0.2, 0.25) is 0 Å². The molecule has 1 aromatic rings. The molecule has 0 fully saturated rings. The lowest BCUT2D eigenvalue weighted by molar-refractivity contribution is 0.167. The summed E-state index contributed by atoms with van der Waals surface area (Å²) in [6, 6.07) is 12.6. The first kappa shape index (κ1) is 12.7. The van der Waals surface area contributed by atoms with E-state index in [0.29, 0.717) is 13.0 Å². The molecule has 0 amide bonds. The highest BCUT2D eigenvalue weighted by atomic mass is 16.5. The number of hydrogen-bond donors (Lipinski definition) is 1. The lowest BCUT2D eigenvalue weighted by Crippen LogP contribution is -2.33. The molecular formula is C13H18N2O. The van der Waals surface area contributed by atoms with Crippen LogP contribution in [-0.4, -0.2) is 19.8 Å². The molecule has 0 aliphatic heterocycles. The number of nitriles is 1. The number of rotatable bonds is 6. The zero-order valence-electron chi connectivity index (χ0n) is 9.81. The standard InChI is InChI=1S/C13H18N2O/c1-11(10-16-2)15-13(8-9-14)12-6-4-3-5-7-12/h3-7,11,13,15H,8,10H2,1-2H3. The second-order valence-corrected chi connectivity index (χ2v) is 3.85. The third-order valence-corrected chi connectivity index (χ3v) is 2.40. The van der Waals surface area contributed by atoms with Gasteiger partial charge in [-0.25, -0.2) is 0 Å². The van der Waals surface area contributed by atoms with Gasteiger partial charge in [-0.15, -0.1) is 0 Å². The second kappa shape index (κ2) is 7.00. The fourth-order valence-electron chi connectivity index (χ4n) is 1.69. The molecule has 0 heterocycles. The van der Waals surface area contributed by atoms with E-state index < -0.39 is 0 Å². The molecule has 3 nitrogen and oxygen atoms in total. The van der Waals surface area contributed by atoms with E-state index in [-0.39, 0.29) is 12.1 Å². The number of nitrogens with one attached hydrogen (secondary N) is 1. The van der Waals surface area contributed by atoms with Crippen molar-refractivity contribution < 1.29 is 4.74 Å². The quantitative estimate of drug-likeness (QED) is 0.796. The van der Waals surface area contributed by atoms with Gasteiger partial charge in [0.1, 0.15) is 0 Å². The van der Waals surface area contributed by atoms with E-state index in [9.17, 15) is 0 Å². The van der Waals surface area contributed by atoms with Gasteiger partial charge in [-0.05, 0) is 12.5 Å². The molecule has 0 aromatic heterocycles. The summed E-state index contributed by atoms with van der Waals surface area (Å²) in [5.74, 6) is 0. The van der Waals surface area contributed by atoms with Crippen molar-refractivity contribution in [2.45, 2.75) is 25.4 Å². The SMILES string of the molecule is COCC(C)NC(CC#N)c1ccccc1. The number of benzene rings is 1. The van der Waals surface area contributed by atoms with Crippen LogP contribution < -0.4 is 5.32 Å². The Kier molecular flexibility index (Phi) is 5.55. The molecule has 0 radical (unpaired) electrons. The van der Waals surface area contributed by atoms with Gasteiger partial charge in [-0.1, -0.05) is 30.3 Å². The Hall–Kier alpha value is -1.37. The number of hydrogen-bond acceptors (Lipinski definition) is 3.